The fourth-order valence-electron chi connectivity index (χ4n) is 5.98. The molecule has 0 aliphatic carbocycles. The molecule has 2 heterocycles. The second kappa shape index (κ2) is 25.7. The van der Waals surface area contributed by atoms with E-state index in [1.165, 1.54) is 5.56 Å². The van der Waals surface area contributed by atoms with Gasteiger partial charge in [-0.25, -0.2) is 0 Å². The Hall–Kier alpha value is -7.85. The minimum Gasteiger partial charge on any atom is -0.399 e. The fourth-order valence-corrected chi connectivity index (χ4v) is 6.59. The summed E-state index contributed by atoms with van der Waals surface area (Å²) in [5.41, 5.74) is 32.0. The third kappa shape index (κ3) is 17.5. The first-order chi connectivity index (χ1) is 32.6. The zero-order chi connectivity index (χ0) is 49.0. The molecular weight excluding hydrogens is 921 g/mol. The molecule has 0 spiro atoms. The molecule has 18 heteroatoms. The Labute approximate surface area is 409 Å². The number of anilines is 9. The Balaban J connectivity index is 0.000000207. The van der Waals surface area contributed by atoms with E-state index in [1.807, 2.05) is 105 Å². The highest BCUT2D eigenvalue weighted by Gasteiger charge is 2.10. The number of nitrogen functional groups attached to an aromatic ring is 4. The fraction of sp³-hybridized carbons (Fsp3) is 0.120. The van der Waals surface area contributed by atoms with Gasteiger partial charge in [0.25, 0.3) is 0 Å². The predicted octanol–water partition coefficient (Wildman–Crippen LogP) is 10.7. The second-order valence-electron chi connectivity index (χ2n) is 14.7. The van der Waals surface area contributed by atoms with Crippen LogP contribution in [0.2, 0.25) is 15.9 Å². The zero-order valence-corrected chi connectivity index (χ0v) is 39.7. The Morgan fingerprint density at radius 1 is 0.471 bits per heavy atom. The largest absolute Gasteiger partial charge is 0.399 e. The number of aryl methyl sites for hydroxylation is 2. The van der Waals surface area contributed by atoms with Crippen LogP contribution < -0.4 is 38.9 Å². The van der Waals surface area contributed by atoms with Crippen LogP contribution in [0.5, 0.6) is 0 Å². The predicted molar refractivity (Wildman–Crippen MR) is 277 cm³/mol. The summed E-state index contributed by atoms with van der Waals surface area (Å²) in [6, 6.07) is 44.8. The van der Waals surface area contributed by atoms with Crippen LogP contribution in [0.4, 0.5) is 51.7 Å². The van der Waals surface area contributed by atoms with Crippen LogP contribution in [0.1, 0.15) is 50.2 Å². The van der Waals surface area contributed by atoms with Crippen molar-refractivity contribution in [3.8, 4) is 0 Å². The molecule has 8 aromatic rings. The Bertz CT molecular complexity index is 2820. The summed E-state index contributed by atoms with van der Waals surface area (Å²) >= 11 is 16.0. The third-order valence-electron chi connectivity index (χ3n) is 9.45. The number of Topliss-reactive ketones (excluding diaryl/α,β-unsaturated/α-hetero) is 2. The molecule has 0 atom stereocenters. The van der Waals surface area contributed by atoms with Gasteiger partial charge in [0.2, 0.25) is 27.7 Å². The van der Waals surface area contributed by atoms with E-state index in [0.717, 1.165) is 40.2 Å². The van der Waals surface area contributed by atoms with E-state index in [-0.39, 0.29) is 27.4 Å². The molecule has 0 unspecified atom stereocenters. The van der Waals surface area contributed by atoms with E-state index in [2.05, 4.69) is 52.8 Å². The van der Waals surface area contributed by atoms with Crippen LogP contribution in [-0.2, 0) is 19.3 Å². The molecule has 6 aromatic carbocycles. The number of hydrogen-bond donors (Lipinski definition) is 7. The topological polar surface area (TPSA) is 252 Å². The SMILES string of the molecule is CCc1ccc(C(=O)Cc2ccc(Nc3nc(C)nc(Nc4cccc(NC)c4)n3)cc2)cc1.Clc1nc(Cl)nc(Cl)n1.Nc1ccc(CC(=O)c2ccc(N)cc2)cc1.Nc1cccc(N)c1. The van der Waals surface area contributed by atoms with Gasteiger partial charge in [0, 0.05) is 70.8 Å². The van der Waals surface area contributed by atoms with Crippen LogP contribution in [0.15, 0.2) is 146 Å². The number of hydrogen-bond acceptors (Lipinski definition) is 15. The normalized spacial score (nSPS) is 10.1. The maximum absolute atomic E-state index is 12.6. The van der Waals surface area contributed by atoms with Gasteiger partial charge in [-0.15, -0.1) is 0 Å². The zero-order valence-electron chi connectivity index (χ0n) is 37.4. The molecule has 11 N–H and O–H groups in total. The molecule has 0 saturated heterocycles. The molecule has 0 aliphatic rings. The number of nitrogens with one attached hydrogen (secondary N) is 3. The molecule has 348 valence electrons. The van der Waals surface area contributed by atoms with Gasteiger partial charge in [-0.3, -0.25) is 9.59 Å². The number of ketones is 2. The minimum absolute atomic E-state index is 0.000000000000000444. The number of aromatic nitrogens is 6. The van der Waals surface area contributed by atoms with E-state index in [1.54, 1.807) is 54.6 Å². The van der Waals surface area contributed by atoms with Crippen molar-refractivity contribution in [2.24, 2.45) is 0 Å². The van der Waals surface area contributed by atoms with Crippen molar-refractivity contribution in [2.45, 2.75) is 33.1 Å². The van der Waals surface area contributed by atoms with Gasteiger partial charge in [-0.1, -0.05) is 67.6 Å². The average molecular weight is 971 g/mol. The molecule has 15 nitrogen and oxygen atoms in total. The summed E-state index contributed by atoms with van der Waals surface area (Å²) in [6.07, 6.45) is 1.70. The molecule has 0 saturated carbocycles. The lowest BCUT2D eigenvalue weighted by molar-refractivity contribution is 0.0985. The molecule has 0 bridgehead atoms. The Kier molecular flexibility index (Phi) is 19.4. The summed E-state index contributed by atoms with van der Waals surface area (Å²) < 4.78 is 0. The lowest BCUT2D eigenvalue weighted by Gasteiger charge is -2.10. The number of benzene rings is 6. The molecule has 0 aliphatic heterocycles. The van der Waals surface area contributed by atoms with Crippen molar-refractivity contribution < 1.29 is 9.59 Å². The van der Waals surface area contributed by atoms with Crippen LogP contribution >= 0.6 is 34.8 Å². The number of nitrogens with two attached hydrogens (primary N) is 4. The monoisotopic (exact) mass is 969 g/mol. The van der Waals surface area contributed by atoms with Gasteiger partial charge in [0.05, 0.1) is 0 Å². The molecule has 2 aromatic heterocycles. The number of carbonyl (C=O) groups excluding carboxylic acids is 2. The third-order valence-corrected chi connectivity index (χ3v) is 9.96. The molecule has 0 fully saturated rings. The van der Waals surface area contributed by atoms with Gasteiger partial charge in [-0.05, 0) is 150 Å². The lowest BCUT2D eigenvalue weighted by atomic mass is 10.0. The number of rotatable bonds is 12. The molecule has 68 heavy (non-hydrogen) atoms. The average Bonchev–Trinajstić information content (AvgIpc) is 3.30. The number of nitrogens with zero attached hydrogens (tertiary/aromatic N) is 6. The summed E-state index contributed by atoms with van der Waals surface area (Å²) in [4.78, 5) is 48.2. The van der Waals surface area contributed by atoms with E-state index >= 15 is 0 Å². The van der Waals surface area contributed by atoms with Crippen LogP contribution in [0.25, 0.3) is 0 Å². The van der Waals surface area contributed by atoms with Crippen molar-refractivity contribution in [3.05, 3.63) is 195 Å². The molecule has 0 amide bonds. The van der Waals surface area contributed by atoms with E-state index in [9.17, 15) is 9.59 Å². The van der Waals surface area contributed by atoms with Crippen molar-refractivity contribution in [2.75, 3.05) is 45.9 Å². The van der Waals surface area contributed by atoms with Gasteiger partial charge in [-0.2, -0.15) is 29.9 Å². The minimum atomic E-state index is 0.000000000000000444. The highest BCUT2D eigenvalue weighted by molar-refractivity contribution is 6.33. The van der Waals surface area contributed by atoms with Crippen molar-refractivity contribution in [1.82, 2.24) is 29.9 Å². The van der Waals surface area contributed by atoms with Gasteiger partial charge < -0.3 is 38.9 Å². The summed E-state index contributed by atoms with van der Waals surface area (Å²) in [6.45, 7) is 3.93. The second-order valence-corrected chi connectivity index (χ2v) is 15.7. The number of carbonyl (C=O) groups is 2. The number of halogens is 3. The van der Waals surface area contributed by atoms with Crippen LogP contribution in [0, 0.1) is 6.92 Å². The smallest absolute Gasteiger partial charge is 0.232 e. The van der Waals surface area contributed by atoms with Crippen molar-refractivity contribution in [1.29, 1.82) is 0 Å². The first-order valence-electron chi connectivity index (χ1n) is 21.0. The summed E-state index contributed by atoms with van der Waals surface area (Å²) in [5.74, 6) is 1.68. The Morgan fingerprint density at radius 3 is 1.34 bits per heavy atom. The van der Waals surface area contributed by atoms with Gasteiger partial charge in [0.1, 0.15) is 5.82 Å². The highest BCUT2D eigenvalue weighted by Crippen LogP contribution is 2.21. The highest BCUT2D eigenvalue weighted by atomic mass is 35.5. The van der Waals surface area contributed by atoms with Gasteiger partial charge >= 0.3 is 0 Å². The summed E-state index contributed by atoms with van der Waals surface area (Å²) in [5, 5.41) is 9.55. The van der Waals surface area contributed by atoms with Crippen molar-refractivity contribution in [3.63, 3.8) is 0 Å². The van der Waals surface area contributed by atoms with E-state index < -0.39 is 0 Å². The van der Waals surface area contributed by atoms with E-state index in [4.69, 9.17) is 57.7 Å². The molecule has 0 radical (unpaired) electrons. The van der Waals surface area contributed by atoms with E-state index in [0.29, 0.717) is 58.9 Å². The van der Waals surface area contributed by atoms with Gasteiger partial charge in [0.15, 0.2) is 11.6 Å². The maximum Gasteiger partial charge on any atom is 0.232 e. The molecule has 8 rings (SSSR count). The first kappa shape index (κ1) is 51.1. The van der Waals surface area contributed by atoms with Crippen LogP contribution in [-0.4, -0.2) is 48.5 Å². The van der Waals surface area contributed by atoms with Crippen LogP contribution in [0.3, 0.4) is 0 Å². The first-order valence-corrected chi connectivity index (χ1v) is 22.1. The summed E-state index contributed by atoms with van der Waals surface area (Å²) in [7, 11) is 1.87. The molecular formula is C50H50Cl3N13O2. The standard InChI is InChI=1S/C27H28N6O.C14H14N2O.C6H8N2.C3Cl3N3/c1-4-19-8-12-21(13-9-19)25(34)16-20-10-14-22(15-11-20)31-26-29-18(2)30-27(33-26)32-24-7-5-6-23(17-24)28-3;15-12-5-1-10(2-6-12)9-14(17)11-3-7-13(16)8-4-11;7-5-2-1-3-6(8)4-5;4-1-7-2(5)9-3(6)8-1/h5-15,17,28H,4,16H2,1-3H3,(H2,29,30,31,32,33);1-8H,9,15-16H2;1-4H,7-8H2;. The quantitative estimate of drug-likeness (QED) is 0.0444. The maximum atomic E-state index is 12.6. The lowest BCUT2D eigenvalue weighted by Crippen LogP contribution is -2.06. The van der Waals surface area contributed by atoms with Crippen molar-refractivity contribution >= 4 is 98.1 Å². The Morgan fingerprint density at radius 2 is 0.882 bits per heavy atom.